The fourth-order valence-electron chi connectivity index (χ4n) is 1.62. The highest BCUT2D eigenvalue weighted by Crippen LogP contribution is 2.20. The van der Waals surface area contributed by atoms with E-state index in [9.17, 15) is 4.79 Å². The van der Waals surface area contributed by atoms with Crippen molar-refractivity contribution in [2.75, 3.05) is 0 Å². The van der Waals surface area contributed by atoms with Gasteiger partial charge in [0.1, 0.15) is 18.1 Å². The Morgan fingerprint density at radius 2 is 2.06 bits per heavy atom. The van der Waals surface area contributed by atoms with Crippen molar-refractivity contribution in [3.05, 3.63) is 53.5 Å². The van der Waals surface area contributed by atoms with Gasteiger partial charge in [0.05, 0.1) is 0 Å². The van der Waals surface area contributed by atoms with E-state index in [0.717, 1.165) is 17.7 Å². The second kappa shape index (κ2) is 5.34. The van der Waals surface area contributed by atoms with Gasteiger partial charge in [0.2, 0.25) is 0 Å². The molecular formula is C14H14O3. The molecular weight excluding hydrogens is 216 g/mol. The van der Waals surface area contributed by atoms with Gasteiger partial charge in [-0.3, -0.25) is 4.79 Å². The molecule has 3 nitrogen and oxygen atoms in total. The first-order valence-corrected chi connectivity index (χ1v) is 5.58. The van der Waals surface area contributed by atoms with Crippen molar-refractivity contribution in [1.82, 2.24) is 0 Å². The highest BCUT2D eigenvalue weighted by Gasteiger charge is 2.04. The minimum atomic E-state index is 0.326. The Kier molecular flexibility index (Phi) is 3.60. The molecule has 0 spiro atoms. The standard InChI is InChI=1S/C14H14O3/c1-2-11-5-3-4-6-14(11)16-10-13-8-7-12(9-15)17-13/h3-9H,2,10H2,1H3. The van der Waals surface area contributed by atoms with Gasteiger partial charge >= 0.3 is 0 Å². The molecule has 88 valence electrons. The number of para-hydroxylation sites is 1. The van der Waals surface area contributed by atoms with Crippen molar-refractivity contribution >= 4 is 6.29 Å². The minimum Gasteiger partial charge on any atom is -0.485 e. The van der Waals surface area contributed by atoms with Crippen LogP contribution in [-0.4, -0.2) is 6.29 Å². The van der Waals surface area contributed by atoms with E-state index in [2.05, 4.69) is 6.92 Å². The number of rotatable bonds is 5. The van der Waals surface area contributed by atoms with E-state index in [1.165, 1.54) is 0 Å². The van der Waals surface area contributed by atoms with Crippen molar-refractivity contribution < 1.29 is 13.9 Å². The van der Waals surface area contributed by atoms with E-state index in [4.69, 9.17) is 9.15 Å². The van der Waals surface area contributed by atoms with Gasteiger partial charge in [-0.2, -0.15) is 0 Å². The average molecular weight is 230 g/mol. The molecule has 1 heterocycles. The summed E-state index contributed by atoms with van der Waals surface area (Å²) in [6.07, 6.45) is 1.61. The molecule has 0 radical (unpaired) electrons. The van der Waals surface area contributed by atoms with Crippen LogP contribution >= 0.6 is 0 Å². The largest absolute Gasteiger partial charge is 0.485 e. The maximum atomic E-state index is 10.5. The minimum absolute atomic E-state index is 0.326. The van der Waals surface area contributed by atoms with Crippen molar-refractivity contribution in [1.29, 1.82) is 0 Å². The number of carbonyl (C=O) groups is 1. The van der Waals surface area contributed by atoms with Crippen molar-refractivity contribution in [3.63, 3.8) is 0 Å². The normalized spacial score (nSPS) is 10.2. The number of hydrogen-bond donors (Lipinski definition) is 0. The van der Waals surface area contributed by atoms with Crippen LogP contribution in [0.5, 0.6) is 5.75 Å². The van der Waals surface area contributed by atoms with Crippen LogP contribution < -0.4 is 4.74 Å². The molecule has 1 aromatic heterocycles. The molecule has 0 saturated heterocycles. The molecule has 0 saturated carbocycles. The van der Waals surface area contributed by atoms with Crippen LogP contribution in [0.3, 0.4) is 0 Å². The maximum Gasteiger partial charge on any atom is 0.185 e. The predicted octanol–water partition coefficient (Wildman–Crippen LogP) is 3.23. The molecule has 0 aliphatic rings. The van der Waals surface area contributed by atoms with E-state index in [1.54, 1.807) is 12.1 Å². The topological polar surface area (TPSA) is 39.4 Å². The third-order valence-corrected chi connectivity index (χ3v) is 2.52. The first-order valence-electron chi connectivity index (χ1n) is 5.58. The van der Waals surface area contributed by atoms with E-state index >= 15 is 0 Å². The first-order chi connectivity index (χ1) is 8.33. The number of hydrogen-bond acceptors (Lipinski definition) is 3. The quantitative estimate of drug-likeness (QED) is 0.740. The number of carbonyl (C=O) groups excluding carboxylic acids is 1. The van der Waals surface area contributed by atoms with E-state index in [-0.39, 0.29) is 0 Å². The third-order valence-electron chi connectivity index (χ3n) is 2.52. The molecule has 0 unspecified atom stereocenters. The Morgan fingerprint density at radius 3 is 2.76 bits per heavy atom. The summed E-state index contributed by atoms with van der Waals surface area (Å²) in [5, 5.41) is 0. The Balaban J connectivity index is 2.04. The lowest BCUT2D eigenvalue weighted by Crippen LogP contribution is -1.96. The highest BCUT2D eigenvalue weighted by molar-refractivity contribution is 5.70. The van der Waals surface area contributed by atoms with Crippen LogP contribution in [0.15, 0.2) is 40.8 Å². The third kappa shape index (κ3) is 2.75. The zero-order valence-electron chi connectivity index (χ0n) is 9.68. The molecule has 0 atom stereocenters. The van der Waals surface area contributed by atoms with Gasteiger partial charge in [-0.05, 0) is 30.2 Å². The molecule has 1 aromatic carbocycles. The average Bonchev–Trinajstić information content (AvgIpc) is 2.84. The number of furan rings is 1. The van der Waals surface area contributed by atoms with Gasteiger partial charge in [-0.15, -0.1) is 0 Å². The van der Waals surface area contributed by atoms with Crippen molar-refractivity contribution in [3.8, 4) is 5.75 Å². The summed E-state index contributed by atoms with van der Waals surface area (Å²) in [5.41, 5.74) is 1.16. The van der Waals surface area contributed by atoms with Crippen LogP contribution in [-0.2, 0) is 13.0 Å². The number of aldehydes is 1. The molecule has 0 bridgehead atoms. The van der Waals surface area contributed by atoms with Crippen LogP contribution in [0, 0.1) is 0 Å². The fourth-order valence-corrected chi connectivity index (χ4v) is 1.62. The maximum absolute atomic E-state index is 10.5. The summed E-state index contributed by atoms with van der Waals surface area (Å²) in [6.45, 7) is 2.42. The fraction of sp³-hybridized carbons (Fsp3) is 0.214. The van der Waals surface area contributed by atoms with E-state index in [1.807, 2.05) is 24.3 Å². The Hall–Kier alpha value is -2.03. The highest BCUT2D eigenvalue weighted by atomic mass is 16.5. The molecule has 0 aliphatic heterocycles. The summed E-state index contributed by atoms with van der Waals surface area (Å²) in [7, 11) is 0. The second-order valence-electron chi connectivity index (χ2n) is 3.67. The molecule has 0 N–H and O–H groups in total. The van der Waals surface area contributed by atoms with Gasteiger partial charge < -0.3 is 9.15 Å². The Bertz CT molecular complexity index is 500. The zero-order chi connectivity index (χ0) is 12.1. The van der Waals surface area contributed by atoms with Gasteiger partial charge in [-0.25, -0.2) is 0 Å². The van der Waals surface area contributed by atoms with Gasteiger partial charge in [0.15, 0.2) is 12.0 Å². The lowest BCUT2D eigenvalue weighted by atomic mass is 10.1. The number of aryl methyl sites for hydroxylation is 1. The van der Waals surface area contributed by atoms with Gasteiger partial charge in [-0.1, -0.05) is 25.1 Å². The van der Waals surface area contributed by atoms with Crippen molar-refractivity contribution in [2.45, 2.75) is 20.0 Å². The molecule has 2 aromatic rings. The molecule has 0 aliphatic carbocycles. The second-order valence-corrected chi connectivity index (χ2v) is 3.67. The monoisotopic (exact) mass is 230 g/mol. The smallest absolute Gasteiger partial charge is 0.185 e. The molecule has 17 heavy (non-hydrogen) atoms. The zero-order valence-corrected chi connectivity index (χ0v) is 9.68. The van der Waals surface area contributed by atoms with Gasteiger partial charge in [0.25, 0.3) is 0 Å². The van der Waals surface area contributed by atoms with Crippen LogP contribution in [0.4, 0.5) is 0 Å². The first kappa shape index (κ1) is 11.5. The predicted molar refractivity (Wildman–Crippen MR) is 64.2 cm³/mol. The Morgan fingerprint density at radius 1 is 1.24 bits per heavy atom. The Labute approximate surface area is 100 Å². The molecule has 0 amide bonds. The number of benzene rings is 1. The summed E-state index contributed by atoms with van der Waals surface area (Å²) < 4.78 is 10.9. The van der Waals surface area contributed by atoms with Gasteiger partial charge in [0, 0.05) is 0 Å². The van der Waals surface area contributed by atoms with E-state index < -0.39 is 0 Å². The lowest BCUT2D eigenvalue weighted by Gasteiger charge is -2.08. The lowest BCUT2D eigenvalue weighted by molar-refractivity contribution is 0.109. The van der Waals surface area contributed by atoms with Crippen LogP contribution in [0.2, 0.25) is 0 Å². The summed E-state index contributed by atoms with van der Waals surface area (Å²) in [6, 6.07) is 11.3. The van der Waals surface area contributed by atoms with E-state index in [0.29, 0.717) is 24.4 Å². The summed E-state index contributed by atoms with van der Waals surface area (Å²) in [5.74, 6) is 1.84. The summed E-state index contributed by atoms with van der Waals surface area (Å²) in [4.78, 5) is 10.5. The summed E-state index contributed by atoms with van der Waals surface area (Å²) >= 11 is 0. The SMILES string of the molecule is CCc1ccccc1OCc1ccc(C=O)o1. The number of ether oxygens (including phenoxy) is 1. The molecule has 3 heteroatoms. The van der Waals surface area contributed by atoms with Crippen LogP contribution in [0.1, 0.15) is 28.8 Å². The molecule has 2 rings (SSSR count). The molecule has 0 fully saturated rings. The van der Waals surface area contributed by atoms with Crippen LogP contribution in [0.25, 0.3) is 0 Å². The van der Waals surface area contributed by atoms with Crippen molar-refractivity contribution in [2.24, 2.45) is 0 Å².